The molecule has 0 saturated heterocycles. The molecule has 4 aromatic rings. The minimum atomic E-state index is -0.911. The summed E-state index contributed by atoms with van der Waals surface area (Å²) in [4.78, 5) is 45.4. The molecule has 3 heterocycles. The van der Waals surface area contributed by atoms with Crippen LogP contribution in [0.15, 0.2) is 70.4 Å². The van der Waals surface area contributed by atoms with Gasteiger partial charge >= 0.3 is 5.97 Å². The Bertz CT molecular complexity index is 1520. The highest BCUT2D eigenvalue weighted by atomic mass is 32.1. The Morgan fingerprint density at radius 1 is 1.24 bits per heavy atom. The smallest absolute Gasteiger partial charge is 0.350 e. The Labute approximate surface area is 196 Å². The fraction of sp³-hybridized carbons (Fsp3) is 0.120. The zero-order valence-electron chi connectivity index (χ0n) is 17.9. The number of aromatic nitrogens is 1. The molecule has 34 heavy (non-hydrogen) atoms. The molecule has 0 N–H and O–H groups in total. The molecule has 2 aromatic heterocycles. The Balaban J connectivity index is 1.71. The van der Waals surface area contributed by atoms with Crippen molar-refractivity contribution < 1.29 is 23.1 Å². The lowest BCUT2D eigenvalue weighted by Gasteiger charge is -2.22. The van der Waals surface area contributed by atoms with E-state index in [1.807, 2.05) is 0 Å². The number of hydrogen-bond donors (Lipinski definition) is 0. The van der Waals surface area contributed by atoms with E-state index in [-0.39, 0.29) is 39.0 Å². The number of nitrogens with zero attached hydrogens (tertiary/aromatic N) is 2. The van der Waals surface area contributed by atoms with E-state index in [9.17, 15) is 18.8 Å². The van der Waals surface area contributed by atoms with E-state index in [1.54, 1.807) is 31.2 Å². The molecule has 0 bridgehead atoms. The van der Waals surface area contributed by atoms with Gasteiger partial charge in [-0.15, -0.1) is 0 Å². The molecule has 1 aliphatic heterocycles. The lowest BCUT2D eigenvalue weighted by Crippen LogP contribution is -2.29. The topological polar surface area (TPSA) is 89.7 Å². The molecule has 9 heteroatoms. The molecular formula is C25H17FN2O5S. The van der Waals surface area contributed by atoms with Crippen molar-refractivity contribution in [3.8, 4) is 0 Å². The summed E-state index contributed by atoms with van der Waals surface area (Å²) in [5.41, 5.74) is 0.933. The molecule has 1 aliphatic rings. The number of carbonyl (C=O) groups excluding carboxylic acids is 2. The van der Waals surface area contributed by atoms with Crippen LogP contribution in [-0.2, 0) is 4.74 Å². The zero-order valence-corrected chi connectivity index (χ0v) is 18.7. The molecule has 1 atom stereocenters. The summed E-state index contributed by atoms with van der Waals surface area (Å²) < 4.78 is 24.7. The summed E-state index contributed by atoms with van der Waals surface area (Å²) in [6, 6.07) is 11.3. The zero-order chi connectivity index (χ0) is 24.0. The van der Waals surface area contributed by atoms with Crippen molar-refractivity contribution in [2.45, 2.75) is 13.0 Å². The van der Waals surface area contributed by atoms with Gasteiger partial charge in [0.15, 0.2) is 10.6 Å². The van der Waals surface area contributed by atoms with E-state index in [1.165, 1.54) is 35.2 Å². The van der Waals surface area contributed by atoms with Crippen molar-refractivity contribution in [2.75, 3.05) is 11.5 Å². The highest BCUT2D eigenvalue weighted by Crippen LogP contribution is 2.43. The molecule has 7 nitrogen and oxygen atoms in total. The highest BCUT2D eigenvalue weighted by molar-refractivity contribution is 7.17. The number of hydrogen-bond acceptors (Lipinski definition) is 7. The average Bonchev–Trinajstić information content (AvgIpc) is 3.36. The molecule has 0 radical (unpaired) electrons. The van der Waals surface area contributed by atoms with Crippen LogP contribution < -0.4 is 10.3 Å². The second kappa shape index (κ2) is 8.35. The standard InChI is InChI=1S/C25H17FN2O5S/c1-3-12-32-24(31)22-13(2)27-25(34-22)28-19(14-8-10-15(26)11-9-14)18-20(29)16-6-4-5-7-17(16)33-21(18)23(28)30/h3-11,19H,1,12H2,2H3/t19-/m0/s1. The van der Waals surface area contributed by atoms with Gasteiger partial charge in [-0.05, 0) is 36.8 Å². The van der Waals surface area contributed by atoms with Gasteiger partial charge in [0.2, 0.25) is 5.76 Å². The lowest BCUT2D eigenvalue weighted by molar-refractivity contribution is 0.0554. The van der Waals surface area contributed by atoms with Gasteiger partial charge in [-0.1, -0.05) is 48.3 Å². The number of para-hydroxylation sites is 1. The number of benzene rings is 2. The Kier molecular flexibility index (Phi) is 5.33. The number of ether oxygens (including phenoxy) is 1. The first-order valence-corrected chi connectivity index (χ1v) is 11.1. The van der Waals surface area contributed by atoms with E-state index in [2.05, 4.69) is 11.6 Å². The second-order valence-corrected chi connectivity index (χ2v) is 8.58. The largest absolute Gasteiger partial charge is 0.457 e. The molecule has 0 saturated carbocycles. The number of carbonyl (C=O) groups is 2. The van der Waals surface area contributed by atoms with E-state index >= 15 is 0 Å². The van der Waals surface area contributed by atoms with Gasteiger partial charge < -0.3 is 9.15 Å². The number of halogens is 1. The quantitative estimate of drug-likeness (QED) is 0.304. The van der Waals surface area contributed by atoms with E-state index in [0.717, 1.165) is 11.3 Å². The molecular weight excluding hydrogens is 459 g/mol. The Morgan fingerprint density at radius 3 is 2.71 bits per heavy atom. The van der Waals surface area contributed by atoms with Gasteiger partial charge in [0.1, 0.15) is 22.9 Å². The maximum Gasteiger partial charge on any atom is 0.350 e. The van der Waals surface area contributed by atoms with Crippen molar-refractivity contribution >= 4 is 39.3 Å². The van der Waals surface area contributed by atoms with Crippen molar-refractivity contribution in [3.05, 3.63) is 105 Å². The minimum absolute atomic E-state index is 0.0306. The predicted molar refractivity (Wildman–Crippen MR) is 125 cm³/mol. The lowest BCUT2D eigenvalue weighted by atomic mass is 9.99. The number of rotatable bonds is 5. The van der Waals surface area contributed by atoms with Crippen molar-refractivity contribution in [1.29, 1.82) is 0 Å². The summed E-state index contributed by atoms with van der Waals surface area (Å²) >= 11 is 0.969. The monoisotopic (exact) mass is 476 g/mol. The van der Waals surface area contributed by atoms with Crippen LogP contribution in [0.25, 0.3) is 11.0 Å². The van der Waals surface area contributed by atoms with Crippen LogP contribution in [-0.4, -0.2) is 23.5 Å². The molecule has 2 aromatic carbocycles. The SMILES string of the molecule is C=CCOC(=O)c1sc(N2C(=O)c3oc4ccccc4c(=O)c3[C@@H]2c2ccc(F)cc2)nc1C. The third-order valence-electron chi connectivity index (χ3n) is 5.47. The molecule has 0 unspecified atom stereocenters. The number of aryl methyl sites for hydroxylation is 1. The third kappa shape index (κ3) is 3.41. The minimum Gasteiger partial charge on any atom is -0.457 e. The van der Waals surface area contributed by atoms with Gasteiger partial charge in [0.05, 0.1) is 22.7 Å². The van der Waals surface area contributed by atoms with Gasteiger partial charge in [0, 0.05) is 0 Å². The predicted octanol–water partition coefficient (Wildman–Crippen LogP) is 4.79. The fourth-order valence-electron chi connectivity index (χ4n) is 3.95. The molecule has 0 fully saturated rings. The molecule has 0 aliphatic carbocycles. The number of anilines is 1. The fourth-order valence-corrected chi connectivity index (χ4v) is 4.94. The molecule has 0 spiro atoms. The first-order chi connectivity index (χ1) is 16.4. The molecule has 1 amide bonds. The first-order valence-electron chi connectivity index (χ1n) is 10.3. The van der Waals surface area contributed by atoms with Gasteiger partial charge in [-0.25, -0.2) is 14.2 Å². The van der Waals surface area contributed by atoms with Crippen LogP contribution >= 0.6 is 11.3 Å². The molecule has 170 valence electrons. The summed E-state index contributed by atoms with van der Waals surface area (Å²) in [5.74, 6) is -1.74. The van der Waals surface area contributed by atoms with Crippen LogP contribution in [0.1, 0.15) is 43.1 Å². The number of amides is 1. The summed E-state index contributed by atoms with van der Waals surface area (Å²) in [5, 5.41) is 0.518. The van der Waals surface area contributed by atoms with Crippen molar-refractivity contribution in [1.82, 2.24) is 4.98 Å². The van der Waals surface area contributed by atoms with E-state index in [0.29, 0.717) is 16.6 Å². The number of fused-ring (bicyclic) bond motifs is 2. The van der Waals surface area contributed by atoms with Crippen LogP contribution in [0.5, 0.6) is 0 Å². The summed E-state index contributed by atoms with van der Waals surface area (Å²) in [7, 11) is 0. The normalized spacial score (nSPS) is 14.9. The van der Waals surface area contributed by atoms with Gasteiger partial charge in [-0.2, -0.15) is 0 Å². The maximum atomic E-state index is 13.7. The highest BCUT2D eigenvalue weighted by Gasteiger charge is 2.45. The van der Waals surface area contributed by atoms with E-state index in [4.69, 9.17) is 9.15 Å². The first kappa shape index (κ1) is 21.7. The van der Waals surface area contributed by atoms with Gasteiger partial charge in [0.25, 0.3) is 5.91 Å². The van der Waals surface area contributed by atoms with Crippen LogP contribution in [0.2, 0.25) is 0 Å². The van der Waals surface area contributed by atoms with Gasteiger partial charge in [-0.3, -0.25) is 14.5 Å². The third-order valence-corrected chi connectivity index (χ3v) is 6.61. The van der Waals surface area contributed by atoms with Crippen molar-refractivity contribution in [3.63, 3.8) is 0 Å². The maximum absolute atomic E-state index is 13.7. The summed E-state index contributed by atoms with van der Waals surface area (Å²) in [6.07, 6.45) is 1.45. The van der Waals surface area contributed by atoms with Crippen LogP contribution in [0.3, 0.4) is 0 Å². The number of esters is 1. The second-order valence-electron chi connectivity index (χ2n) is 7.60. The summed E-state index contributed by atoms with van der Waals surface area (Å²) in [6.45, 7) is 5.18. The Hall–Kier alpha value is -4.11. The van der Waals surface area contributed by atoms with Crippen LogP contribution in [0.4, 0.5) is 9.52 Å². The molecule has 5 rings (SSSR count). The number of thiazole rings is 1. The Morgan fingerprint density at radius 2 is 1.97 bits per heavy atom. The van der Waals surface area contributed by atoms with E-state index < -0.39 is 23.7 Å². The van der Waals surface area contributed by atoms with Crippen molar-refractivity contribution in [2.24, 2.45) is 0 Å². The average molecular weight is 476 g/mol. The van der Waals surface area contributed by atoms with Crippen LogP contribution in [0, 0.1) is 12.7 Å².